The van der Waals surface area contributed by atoms with E-state index in [9.17, 15) is 0 Å². The van der Waals surface area contributed by atoms with Crippen molar-refractivity contribution in [1.29, 1.82) is 0 Å². The molecule has 0 spiro atoms. The van der Waals surface area contributed by atoms with Crippen molar-refractivity contribution in [1.82, 2.24) is 0 Å². The molecule has 0 saturated heterocycles. The average Bonchev–Trinajstić information content (AvgIpc) is 3.48. The molecule has 4 bridgehead atoms. The van der Waals surface area contributed by atoms with E-state index >= 15 is 0 Å². The third kappa shape index (κ3) is 3.86. The number of furan rings is 1. The Bertz CT molecular complexity index is 2140. The molecular weight excluding hydrogens is 544 g/mol. The first-order valence-electron chi connectivity index (χ1n) is 16.9. The SMILES string of the molecule is c1ccc(-c2c3ccccc3c(-c3ccc(-c4c(C56CC7CC(CC(C7)C5)C6)oc5ccccc45)cc3)c3ccccc23)cc1. The maximum Gasteiger partial charge on any atom is 0.134 e. The minimum Gasteiger partial charge on any atom is -0.460 e. The summed E-state index contributed by atoms with van der Waals surface area (Å²) in [7, 11) is 0. The Morgan fingerprint density at radius 3 is 1.31 bits per heavy atom. The second kappa shape index (κ2) is 9.69. The molecular formula is C44H36O. The first kappa shape index (κ1) is 25.7. The van der Waals surface area contributed by atoms with Crippen LogP contribution in [0.4, 0.5) is 0 Å². The van der Waals surface area contributed by atoms with E-state index < -0.39 is 0 Å². The lowest BCUT2D eigenvalue weighted by atomic mass is 9.48. The predicted molar refractivity (Wildman–Crippen MR) is 187 cm³/mol. The van der Waals surface area contributed by atoms with Crippen LogP contribution >= 0.6 is 0 Å². The van der Waals surface area contributed by atoms with Crippen molar-refractivity contribution >= 4 is 32.5 Å². The van der Waals surface area contributed by atoms with Gasteiger partial charge < -0.3 is 4.42 Å². The van der Waals surface area contributed by atoms with Crippen LogP contribution in [-0.2, 0) is 5.41 Å². The summed E-state index contributed by atoms with van der Waals surface area (Å²) in [6, 6.07) is 46.9. The van der Waals surface area contributed by atoms with Crippen LogP contribution < -0.4 is 0 Å². The van der Waals surface area contributed by atoms with Crippen molar-refractivity contribution < 1.29 is 4.42 Å². The number of para-hydroxylation sites is 1. The van der Waals surface area contributed by atoms with Crippen LogP contribution in [0.5, 0.6) is 0 Å². The zero-order chi connectivity index (χ0) is 29.5. The summed E-state index contributed by atoms with van der Waals surface area (Å²) in [4.78, 5) is 0. The quantitative estimate of drug-likeness (QED) is 0.189. The van der Waals surface area contributed by atoms with Crippen LogP contribution in [0.25, 0.3) is 65.9 Å². The zero-order valence-electron chi connectivity index (χ0n) is 25.5. The normalized spacial score (nSPS) is 23.8. The molecule has 11 rings (SSSR count). The van der Waals surface area contributed by atoms with E-state index in [1.54, 1.807) is 0 Å². The fourth-order valence-electron chi connectivity index (χ4n) is 10.3. The van der Waals surface area contributed by atoms with Crippen molar-refractivity contribution in [2.24, 2.45) is 17.8 Å². The molecule has 0 atom stereocenters. The molecule has 1 nitrogen and oxygen atoms in total. The fraction of sp³-hybridized carbons (Fsp3) is 0.227. The van der Waals surface area contributed by atoms with Gasteiger partial charge in [0.2, 0.25) is 0 Å². The molecule has 4 aliphatic rings. The molecule has 0 N–H and O–H groups in total. The van der Waals surface area contributed by atoms with E-state index in [0.717, 1.165) is 23.3 Å². The molecule has 4 aliphatic carbocycles. The number of hydrogen-bond donors (Lipinski definition) is 0. The molecule has 218 valence electrons. The maximum atomic E-state index is 6.92. The van der Waals surface area contributed by atoms with Gasteiger partial charge in [-0.05, 0) is 112 Å². The highest BCUT2D eigenvalue weighted by molar-refractivity contribution is 6.21. The summed E-state index contributed by atoms with van der Waals surface area (Å²) in [5, 5.41) is 6.45. The van der Waals surface area contributed by atoms with Gasteiger partial charge in [0, 0.05) is 16.4 Å². The Hall–Kier alpha value is -4.62. The van der Waals surface area contributed by atoms with E-state index in [4.69, 9.17) is 4.42 Å². The van der Waals surface area contributed by atoms with Gasteiger partial charge in [-0.1, -0.05) is 121 Å². The van der Waals surface area contributed by atoms with E-state index in [0.29, 0.717) is 0 Å². The number of hydrogen-bond acceptors (Lipinski definition) is 1. The molecule has 1 heterocycles. The standard InChI is InChI=1S/C44H36O/c1-2-10-31(11-3-1)40-34-12-4-6-14-36(34)41(37-15-7-5-13-35(37)40)32-18-20-33(21-19-32)42-38-16-8-9-17-39(38)45-43(42)44-25-28-22-29(26-44)24-30(23-28)27-44/h1-21,28-30H,22-27H2. The molecule has 7 aromatic rings. The topological polar surface area (TPSA) is 13.1 Å². The van der Waals surface area contributed by atoms with Crippen LogP contribution in [0.15, 0.2) is 132 Å². The summed E-state index contributed by atoms with van der Waals surface area (Å²) < 4.78 is 6.92. The minimum atomic E-state index is 0.196. The summed E-state index contributed by atoms with van der Waals surface area (Å²) in [5.41, 5.74) is 9.00. The largest absolute Gasteiger partial charge is 0.460 e. The van der Waals surface area contributed by atoms with Crippen LogP contribution in [0.2, 0.25) is 0 Å². The van der Waals surface area contributed by atoms with E-state index in [2.05, 4.69) is 127 Å². The van der Waals surface area contributed by atoms with E-state index in [1.165, 1.54) is 105 Å². The Morgan fingerprint density at radius 2 is 0.800 bits per heavy atom. The van der Waals surface area contributed by atoms with Crippen LogP contribution in [0.3, 0.4) is 0 Å². The summed E-state index contributed by atoms with van der Waals surface area (Å²) in [6.45, 7) is 0. The second-order valence-corrected chi connectivity index (χ2v) is 14.3. The molecule has 6 aromatic carbocycles. The van der Waals surface area contributed by atoms with E-state index in [-0.39, 0.29) is 5.41 Å². The monoisotopic (exact) mass is 580 g/mol. The highest BCUT2D eigenvalue weighted by atomic mass is 16.3. The van der Waals surface area contributed by atoms with Crippen molar-refractivity contribution in [3.63, 3.8) is 0 Å². The Kier molecular flexibility index (Phi) is 5.53. The number of rotatable bonds is 4. The second-order valence-electron chi connectivity index (χ2n) is 14.3. The maximum absolute atomic E-state index is 6.92. The minimum absolute atomic E-state index is 0.196. The van der Waals surface area contributed by atoms with Gasteiger partial charge in [0.05, 0.1) is 0 Å². The van der Waals surface area contributed by atoms with Gasteiger partial charge in [0.1, 0.15) is 11.3 Å². The summed E-state index contributed by atoms with van der Waals surface area (Å²) in [5.74, 6) is 3.90. The van der Waals surface area contributed by atoms with Crippen molar-refractivity contribution in [3.05, 3.63) is 133 Å². The van der Waals surface area contributed by atoms with Crippen molar-refractivity contribution in [2.75, 3.05) is 0 Å². The van der Waals surface area contributed by atoms with Gasteiger partial charge in [-0.3, -0.25) is 0 Å². The number of fused-ring (bicyclic) bond motifs is 3. The molecule has 0 unspecified atom stereocenters. The highest BCUT2D eigenvalue weighted by Crippen LogP contribution is 2.62. The predicted octanol–water partition coefficient (Wildman–Crippen LogP) is 12.2. The van der Waals surface area contributed by atoms with Crippen LogP contribution in [-0.4, -0.2) is 0 Å². The Balaban J connectivity index is 1.16. The third-order valence-corrected chi connectivity index (χ3v) is 11.6. The van der Waals surface area contributed by atoms with Gasteiger partial charge in [0.15, 0.2) is 0 Å². The van der Waals surface area contributed by atoms with E-state index in [1.807, 2.05) is 0 Å². The Morgan fingerprint density at radius 1 is 0.400 bits per heavy atom. The fourth-order valence-corrected chi connectivity index (χ4v) is 10.3. The lowest BCUT2D eigenvalue weighted by Crippen LogP contribution is -2.48. The smallest absolute Gasteiger partial charge is 0.134 e. The van der Waals surface area contributed by atoms with Crippen LogP contribution in [0.1, 0.15) is 44.3 Å². The number of benzene rings is 6. The molecule has 45 heavy (non-hydrogen) atoms. The third-order valence-electron chi connectivity index (χ3n) is 11.6. The summed E-state index contributed by atoms with van der Waals surface area (Å²) >= 11 is 0. The zero-order valence-corrected chi connectivity index (χ0v) is 25.5. The van der Waals surface area contributed by atoms with Crippen LogP contribution in [0, 0.1) is 17.8 Å². The molecule has 0 radical (unpaired) electrons. The molecule has 0 amide bonds. The Labute approximate surface area is 264 Å². The first-order valence-corrected chi connectivity index (χ1v) is 16.9. The molecule has 4 fully saturated rings. The van der Waals surface area contributed by atoms with Crippen molar-refractivity contribution in [3.8, 4) is 33.4 Å². The average molecular weight is 581 g/mol. The van der Waals surface area contributed by atoms with Gasteiger partial charge in [-0.15, -0.1) is 0 Å². The van der Waals surface area contributed by atoms with Gasteiger partial charge in [0.25, 0.3) is 0 Å². The molecule has 1 heteroatoms. The highest BCUT2D eigenvalue weighted by Gasteiger charge is 2.54. The molecule has 0 aliphatic heterocycles. The summed E-state index contributed by atoms with van der Waals surface area (Å²) in [6.07, 6.45) is 8.22. The lowest BCUT2D eigenvalue weighted by Gasteiger charge is -2.56. The first-order chi connectivity index (χ1) is 22.2. The lowest BCUT2D eigenvalue weighted by molar-refractivity contribution is -0.0141. The van der Waals surface area contributed by atoms with Gasteiger partial charge in [-0.25, -0.2) is 0 Å². The van der Waals surface area contributed by atoms with Gasteiger partial charge in [-0.2, -0.15) is 0 Å². The van der Waals surface area contributed by atoms with Crippen molar-refractivity contribution in [2.45, 2.75) is 43.9 Å². The molecule has 4 saturated carbocycles. The van der Waals surface area contributed by atoms with Gasteiger partial charge >= 0.3 is 0 Å². The molecule has 1 aromatic heterocycles.